The summed E-state index contributed by atoms with van der Waals surface area (Å²) in [5, 5.41) is 11.4. The predicted octanol–water partition coefficient (Wildman–Crippen LogP) is 2.57. The first kappa shape index (κ1) is 26.1. The number of rotatable bonds is 10. The van der Waals surface area contributed by atoms with Crippen molar-refractivity contribution in [2.24, 2.45) is 10.2 Å². The van der Waals surface area contributed by atoms with E-state index in [9.17, 15) is 9.59 Å². The second-order valence-electron chi connectivity index (χ2n) is 7.85. The van der Waals surface area contributed by atoms with Gasteiger partial charge in [-0.1, -0.05) is 0 Å². The molecule has 0 aliphatic heterocycles. The SMILES string of the molecule is C[I-]C(=O)N(C)CCOc1ccc(C(=O)Nc2ccc(N=Nc3ccc(N(C)C)cc3)cc2)cc1. The molecule has 3 rings (SSSR count). The molecule has 0 radical (unpaired) electrons. The third-order valence-corrected chi connectivity index (χ3v) is 6.79. The Labute approximate surface area is 216 Å². The zero-order chi connectivity index (χ0) is 25.2. The quantitative estimate of drug-likeness (QED) is 0.130. The molecule has 0 heterocycles. The maximum atomic E-state index is 12.6. The number of amides is 2. The third-order valence-electron chi connectivity index (χ3n) is 5.05. The average Bonchev–Trinajstić information content (AvgIpc) is 2.88. The molecule has 8 nitrogen and oxygen atoms in total. The molecule has 0 unspecified atom stereocenters. The summed E-state index contributed by atoms with van der Waals surface area (Å²) in [7, 11) is 5.75. The second-order valence-corrected chi connectivity index (χ2v) is 9.85. The molecule has 2 amide bonds. The van der Waals surface area contributed by atoms with Gasteiger partial charge in [-0.3, -0.25) is 0 Å². The third kappa shape index (κ3) is 8.06. The molecule has 1 N–H and O–H groups in total. The number of carbonyl (C=O) groups is 2. The Bertz CT molecular complexity index is 1150. The first-order valence-electron chi connectivity index (χ1n) is 10.9. The fraction of sp³-hybridized carbons (Fsp3) is 0.231. The molecule has 0 atom stereocenters. The molecule has 0 fully saturated rings. The number of likely N-dealkylation sites (N-methyl/N-ethyl adjacent to an activating group) is 1. The van der Waals surface area contributed by atoms with E-state index in [-0.39, 0.29) is 9.82 Å². The van der Waals surface area contributed by atoms with E-state index in [1.165, 1.54) is 0 Å². The maximum absolute atomic E-state index is 12.6. The van der Waals surface area contributed by atoms with Gasteiger partial charge in [0.05, 0.1) is 11.4 Å². The Morgan fingerprint density at radius 3 is 1.97 bits per heavy atom. The number of alkyl halides is 1. The van der Waals surface area contributed by atoms with E-state index in [4.69, 9.17) is 4.74 Å². The zero-order valence-corrected chi connectivity index (χ0v) is 22.4. The molecule has 0 saturated heterocycles. The van der Waals surface area contributed by atoms with Crippen molar-refractivity contribution in [3.8, 4) is 5.75 Å². The Kier molecular flexibility index (Phi) is 9.59. The summed E-state index contributed by atoms with van der Waals surface area (Å²) in [4.78, 5) is 29.8. The Morgan fingerprint density at radius 1 is 0.857 bits per heavy atom. The van der Waals surface area contributed by atoms with Gasteiger partial charge in [-0.05, 0) is 48.5 Å². The molecule has 0 spiro atoms. The standard InChI is InChI=1S/C26H29IN5O3/c1-27-26(34)32(4)17-18-35-24-15-5-19(6-16-24)25(33)28-20-7-9-21(10-8-20)29-30-22-11-13-23(14-12-22)31(2)3/h5-16H,17-18H2,1-4H3,(H,28,33)/q-1. The molecule has 184 valence electrons. The molecule has 35 heavy (non-hydrogen) atoms. The van der Waals surface area contributed by atoms with Crippen LogP contribution in [0.25, 0.3) is 0 Å². The van der Waals surface area contributed by atoms with Crippen LogP contribution in [-0.4, -0.2) is 53.9 Å². The van der Waals surface area contributed by atoms with Gasteiger partial charge in [-0.15, -0.1) is 0 Å². The molecule has 0 aliphatic rings. The van der Waals surface area contributed by atoms with E-state index >= 15 is 0 Å². The van der Waals surface area contributed by atoms with Gasteiger partial charge >= 0.3 is 122 Å². The normalized spacial score (nSPS) is 10.9. The minimum atomic E-state index is -0.444. The number of halogens is 1. The fourth-order valence-corrected chi connectivity index (χ4v) is 4.05. The topological polar surface area (TPSA) is 86.6 Å². The van der Waals surface area contributed by atoms with Gasteiger partial charge < -0.3 is 4.90 Å². The first-order valence-corrected chi connectivity index (χ1v) is 14.2. The summed E-state index contributed by atoms with van der Waals surface area (Å²) in [6.07, 6.45) is 0. The van der Waals surface area contributed by atoms with Gasteiger partial charge in [0.15, 0.2) is 0 Å². The fourth-order valence-electron chi connectivity index (χ4n) is 2.98. The van der Waals surface area contributed by atoms with Crippen LogP contribution in [-0.2, 0) is 0 Å². The van der Waals surface area contributed by atoms with Gasteiger partial charge in [-0.25, -0.2) is 0 Å². The van der Waals surface area contributed by atoms with Crippen LogP contribution < -0.4 is 36.2 Å². The molecule has 3 aromatic rings. The summed E-state index contributed by atoms with van der Waals surface area (Å²) in [5.41, 5.74) is 3.74. The average molecular weight is 586 g/mol. The van der Waals surface area contributed by atoms with Gasteiger partial charge in [-0.2, -0.15) is 10.2 Å². The zero-order valence-electron chi connectivity index (χ0n) is 20.2. The number of benzene rings is 3. The summed E-state index contributed by atoms with van der Waals surface area (Å²) >= 11 is -0.444. The van der Waals surface area contributed by atoms with Crippen LogP contribution in [0.5, 0.6) is 5.75 Å². The Morgan fingerprint density at radius 2 is 1.43 bits per heavy atom. The van der Waals surface area contributed by atoms with Crippen LogP contribution in [0.3, 0.4) is 0 Å². The van der Waals surface area contributed by atoms with E-state index in [0.29, 0.717) is 35.8 Å². The van der Waals surface area contributed by atoms with Crippen LogP contribution in [0.4, 0.5) is 27.5 Å². The van der Waals surface area contributed by atoms with Crippen LogP contribution in [0.1, 0.15) is 10.4 Å². The molecule has 0 aromatic heterocycles. The first-order chi connectivity index (χ1) is 16.9. The molecule has 0 bridgehead atoms. The molecular formula is C26H29IN5O3-. The van der Waals surface area contributed by atoms with E-state index in [1.54, 1.807) is 60.5 Å². The van der Waals surface area contributed by atoms with Crippen molar-refractivity contribution in [1.29, 1.82) is 0 Å². The van der Waals surface area contributed by atoms with Crippen LogP contribution >= 0.6 is 0 Å². The Balaban J connectivity index is 1.50. The van der Waals surface area contributed by atoms with Crippen LogP contribution in [0.15, 0.2) is 83.0 Å². The molecule has 0 aliphatic carbocycles. The summed E-state index contributed by atoms with van der Waals surface area (Å²) in [6.45, 7) is 0.940. The van der Waals surface area contributed by atoms with Crippen LogP contribution in [0, 0.1) is 0 Å². The van der Waals surface area contributed by atoms with Crippen molar-refractivity contribution in [1.82, 2.24) is 4.90 Å². The summed E-state index contributed by atoms with van der Waals surface area (Å²) in [6, 6.07) is 21.9. The molecule has 9 heteroatoms. The number of hydrogen-bond acceptors (Lipinski definition) is 6. The van der Waals surface area contributed by atoms with E-state index in [0.717, 1.165) is 11.4 Å². The van der Waals surface area contributed by atoms with Crippen LogP contribution in [0.2, 0.25) is 0 Å². The summed E-state index contributed by atoms with van der Waals surface area (Å²) < 4.78 is 5.86. The van der Waals surface area contributed by atoms with Crippen molar-refractivity contribution < 1.29 is 35.5 Å². The number of ether oxygens (including phenoxy) is 1. The van der Waals surface area contributed by atoms with Crippen molar-refractivity contribution >= 4 is 32.6 Å². The number of anilines is 2. The van der Waals surface area contributed by atoms with Crippen molar-refractivity contribution in [3.05, 3.63) is 78.4 Å². The van der Waals surface area contributed by atoms with Crippen molar-refractivity contribution in [2.45, 2.75) is 0 Å². The number of nitrogens with one attached hydrogen (secondary N) is 1. The van der Waals surface area contributed by atoms with Gasteiger partial charge in [0.25, 0.3) is 0 Å². The summed E-state index contributed by atoms with van der Waals surface area (Å²) in [5.74, 6) is 0.434. The molecule has 3 aromatic carbocycles. The number of carbonyl (C=O) groups excluding carboxylic acids is 2. The van der Waals surface area contributed by atoms with Crippen molar-refractivity contribution in [2.75, 3.05) is 49.4 Å². The molecular weight excluding hydrogens is 557 g/mol. The predicted molar refractivity (Wildman–Crippen MR) is 135 cm³/mol. The Hall–Kier alpha value is -3.47. The van der Waals surface area contributed by atoms with Crippen molar-refractivity contribution in [3.63, 3.8) is 0 Å². The second kappa shape index (κ2) is 12.8. The van der Waals surface area contributed by atoms with Gasteiger partial charge in [0.1, 0.15) is 0 Å². The monoisotopic (exact) mass is 586 g/mol. The van der Waals surface area contributed by atoms with E-state index in [2.05, 4.69) is 15.5 Å². The number of azo groups is 1. The number of nitrogens with zero attached hydrogens (tertiary/aromatic N) is 4. The van der Waals surface area contributed by atoms with E-state index in [1.807, 2.05) is 48.2 Å². The number of hydrogen-bond donors (Lipinski definition) is 1. The minimum absolute atomic E-state index is 0.186. The van der Waals surface area contributed by atoms with Gasteiger partial charge in [0, 0.05) is 19.8 Å². The van der Waals surface area contributed by atoms with E-state index < -0.39 is 21.2 Å². The molecule has 0 saturated carbocycles. The van der Waals surface area contributed by atoms with Gasteiger partial charge in [0.2, 0.25) is 0 Å².